The van der Waals surface area contributed by atoms with Gasteiger partial charge in [0.1, 0.15) is 6.61 Å². The number of rotatable bonds is 8. The fourth-order valence-electron chi connectivity index (χ4n) is 2.99. The Morgan fingerprint density at radius 2 is 1.87 bits per heavy atom. The molecule has 2 aromatic carbocycles. The number of ether oxygens (including phenoxy) is 2. The first-order valence-corrected chi connectivity index (χ1v) is 11.6. The van der Waals surface area contributed by atoms with E-state index >= 15 is 0 Å². The molecule has 1 aliphatic rings. The third kappa shape index (κ3) is 5.76. The maximum atomic E-state index is 12.7. The Morgan fingerprint density at radius 3 is 2.55 bits per heavy atom. The highest BCUT2D eigenvalue weighted by molar-refractivity contribution is 8.18. The van der Waals surface area contributed by atoms with Gasteiger partial charge in [0, 0.05) is 28.7 Å². The van der Waals surface area contributed by atoms with Crippen LogP contribution in [0.15, 0.2) is 46.3 Å². The van der Waals surface area contributed by atoms with Gasteiger partial charge < -0.3 is 9.47 Å². The van der Waals surface area contributed by atoms with Crippen molar-refractivity contribution in [1.29, 1.82) is 0 Å². The van der Waals surface area contributed by atoms with E-state index in [-0.39, 0.29) is 12.5 Å². The maximum Gasteiger partial charge on any atom is 0.266 e. The molecule has 3 rings (SSSR count). The lowest BCUT2D eigenvalue weighted by Gasteiger charge is -2.13. The van der Waals surface area contributed by atoms with E-state index in [1.807, 2.05) is 51.1 Å². The van der Waals surface area contributed by atoms with Crippen molar-refractivity contribution in [3.05, 3.63) is 62.5 Å². The minimum Gasteiger partial charge on any atom is -0.490 e. The van der Waals surface area contributed by atoms with E-state index in [4.69, 9.17) is 32.7 Å². The molecule has 0 aromatic heterocycles. The first-order chi connectivity index (χ1) is 15.0. The third-order valence-electron chi connectivity index (χ3n) is 4.46. The summed E-state index contributed by atoms with van der Waals surface area (Å²) in [5.74, 6) is 1.17. The average Bonchev–Trinajstić information content (AvgIpc) is 3.03. The summed E-state index contributed by atoms with van der Waals surface area (Å²) in [4.78, 5) is 19.5. The van der Waals surface area contributed by atoms with Crippen LogP contribution in [-0.4, -0.2) is 35.7 Å². The van der Waals surface area contributed by atoms with Crippen molar-refractivity contribution < 1.29 is 14.3 Å². The highest BCUT2D eigenvalue weighted by Gasteiger charge is 2.31. The minimum atomic E-state index is -0.0321. The van der Waals surface area contributed by atoms with Crippen LogP contribution in [0.1, 0.15) is 31.9 Å². The lowest BCUT2D eigenvalue weighted by atomic mass is 10.1. The number of amidine groups is 1. The van der Waals surface area contributed by atoms with Crippen LogP contribution in [0.5, 0.6) is 11.5 Å². The van der Waals surface area contributed by atoms with Gasteiger partial charge in [0.2, 0.25) is 0 Å². The molecule has 1 heterocycles. The molecular formula is C23H24Cl2N2O3S. The van der Waals surface area contributed by atoms with Gasteiger partial charge in [-0.05, 0) is 68.4 Å². The molecule has 0 bridgehead atoms. The number of hydrogen-bond donors (Lipinski definition) is 0. The van der Waals surface area contributed by atoms with Gasteiger partial charge in [-0.25, -0.2) is 0 Å². The minimum absolute atomic E-state index is 0.0321. The number of likely N-dealkylation sites (N-methyl/N-ethyl adjacent to an activating group) is 1. The Kier molecular flexibility index (Phi) is 8.29. The van der Waals surface area contributed by atoms with Crippen LogP contribution in [0.4, 0.5) is 0 Å². The van der Waals surface area contributed by atoms with E-state index in [0.29, 0.717) is 46.1 Å². The molecule has 0 radical (unpaired) electrons. The summed E-state index contributed by atoms with van der Waals surface area (Å²) in [7, 11) is 0. The number of carbonyl (C=O) groups excluding carboxylic acids is 1. The maximum absolute atomic E-state index is 12.7. The molecule has 1 saturated heterocycles. The molecule has 31 heavy (non-hydrogen) atoms. The molecule has 2 aromatic rings. The largest absolute Gasteiger partial charge is 0.490 e. The lowest BCUT2D eigenvalue weighted by Crippen LogP contribution is -2.28. The normalized spacial score (nSPS) is 16.4. The molecule has 5 nitrogen and oxygen atoms in total. The Hall–Kier alpha value is -2.15. The van der Waals surface area contributed by atoms with Crippen LogP contribution in [0.2, 0.25) is 10.0 Å². The smallest absolute Gasteiger partial charge is 0.266 e. The van der Waals surface area contributed by atoms with Crippen molar-refractivity contribution in [3.63, 3.8) is 0 Å². The summed E-state index contributed by atoms with van der Waals surface area (Å²) in [5, 5.41) is 1.87. The second-order valence-electron chi connectivity index (χ2n) is 6.58. The molecule has 1 amide bonds. The molecule has 1 fully saturated rings. The summed E-state index contributed by atoms with van der Waals surface area (Å²) in [6.45, 7) is 7.81. The quantitative estimate of drug-likeness (QED) is 0.418. The molecule has 0 unspecified atom stereocenters. The first-order valence-electron chi connectivity index (χ1n) is 10.1. The Bertz CT molecular complexity index is 1020. The zero-order valence-corrected chi connectivity index (χ0v) is 20.0. The molecule has 0 atom stereocenters. The predicted molar refractivity (Wildman–Crippen MR) is 129 cm³/mol. The molecule has 0 spiro atoms. The number of hydrogen-bond acceptors (Lipinski definition) is 5. The van der Waals surface area contributed by atoms with E-state index in [1.165, 1.54) is 11.8 Å². The van der Waals surface area contributed by atoms with E-state index in [9.17, 15) is 4.79 Å². The van der Waals surface area contributed by atoms with Crippen molar-refractivity contribution in [2.75, 3.05) is 19.7 Å². The van der Waals surface area contributed by atoms with Gasteiger partial charge in [0.25, 0.3) is 5.91 Å². The van der Waals surface area contributed by atoms with Gasteiger partial charge in [-0.2, -0.15) is 0 Å². The average molecular weight is 479 g/mol. The van der Waals surface area contributed by atoms with Crippen molar-refractivity contribution in [1.82, 2.24) is 4.90 Å². The first kappa shape index (κ1) is 23.5. The zero-order chi connectivity index (χ0) is 22.4. The lowest BCUT2D eigenvalue weighted by molar-refractivity contribution is -0.122. The summed E-state index contributed by atoms with van der Waals surface area (Å²) in [6.07, 6.45) is 1.86. The predicted octanol–water partition coefficient (Wildman–Crippen LogP) is 6.28. The number of aliphatic imine (C=N–C) groups is 1. The third-order valence-corrected chi connectivity index (χ3v) is 6.09. The van der Waals surface area contributed by atoms with Crippen LogP contribution in [-0.2, 0) is 11.4 Å². The highest BCUT2D eigenvalue weighted by Crippen LogP contribution is 2.35. The van der Waals surface area contributed by atoms with Crippen molar-refractivity contribution in [2.24, 2.45) is 4.99 Å². The van der Waals surface area contributed by atoms with E-state index < -0.39 is 0 Å². The van der Waals surface area contributed by atoms with E-state index in [1.54, 1.807) is 17.0 Å². The van der Waals surface area contributed by atoms with Crippen LogP contribution >= 0.6 is 35.0 Å². The second-order valence-corrected chi connectivity index (χ2v) is 8.43. The van der Waals surface area contributed by atoms with Crippen LogP contribution < -0.4 is 9.47 Å². The topological polar surface area (TPSA) is 51.1 Å². The summed E-state index contributed by atoms with van der Waals surface area (Å²) in [6, 6.07) is 10.9. The summed E-state index contributed by atoms with van der Waals surface area (Å²) >= 11 is 13.6. The standard InChI is InChI=1S/C23H24Cl2N2O3S/c1-4-26-23-27(5-2)22(28)21(31-23)12-15-7-10-19(20(11-15)29-6-3)30-14-16-8-9-17(24)13-18(16)25/h7-13H,4-6,14H2,1-3H3/b21-12-,26-23?. The Morgan fingerprint density at radius 1 is 1.06 bits per heavy atom. The van der Waals surface area contributed by atoms with Crippen molar-refractivity contribution in [3.8, 4) is 11.5 Å². The number of thioether (sulfide) groups is 1. The zero-order valence-electron chi connectivity index (χ0n) is 17.7. The number of nitrogens with zero attached hydrogens (tertiary/aromatic N) is 2. The molecule has 164 valence electrons. The summed E-state index contributed by atoms with van der Waals surface area (Å²) < 4.78 is 11.7. The van der Waals surface area contributed by atoms with Gasteiger partial charge in [-0.3, -0.25) is 14.7 Å². The fraction of sp³-hybridized carbons (Fsp3) is 0.304. The van der Waals surface area contributed by atoms with Crippen LogP contribution in [0, 0.1) is 0 Å². The van der Waals surface area contributed by atoms with Gasteiger partial charge in [0.05, 0.1) is 11.5 Å². The molecule has 8 heteroatoms. The fourth-order valence-corrected chi connectivity index (χ4v) is 4.56. The van der Waals surface area contributed by atoms with Crippen LogP contribution in [0.3, 0.4) is 0 Å². The Balaban J connectivity index is 1.82. The number of carbonyl (C=O) groups is 1. The van der Waals surface area contributed by atoms with Gasteiger partial charge in [0.15, 0.2) is 16.7 Å². The van der Waals surface area contributed by atoms with Gasteiger partial charge in [-0.1, -0.05) is 35.3 Å². The molecule has 0 saturated carbocycles. The van der Waals surface area contributed by atoms with Crippen LogP contribution in [0.25, 0.3) is 6.08 Å². The number of benzene rings is 2. The number of amides is 1. The second kappa shape index (κ2) is 10.9. The highest BCUT2D eigenvalue weighted by atomic mass is 35.5. The molecule has 0 aliphatic carbocycles. The number of halogens is 2. The molecular weight excluding hydrogens is 455 g/mol. The monoisotopic (exact) mass is 478 g/mol. The van der Waals surface area contributed by atoms with Crippen molar-refractivity contribution >= 4 is 52.1 Å². The van der Waals surface area contributed by atoms with E-state index in [0.717, 1.165) is 16.3 Å². The molecule has 1 aliphatic heterocycles. The SMILES string of the molecule is CCN=C1S/C(=C\c2ccc(OCc3ccc(Cl)cc3Cl)c(OCC)c2)C(=O)N1CC. The Labute approximate surface area is 197 Å². The molecule has 0 N–H and O–H groups in total. The van der Waals surface area contributed by atoms with Gasteiger partial charge in [-0.15, -0.1) is 0 Å². The van der Waals surface area contributed by atoms with Gasteiger partial charge >= 0.3 is 0 Å². The van der Waals surface area contributed by atoms with E-state index in [2.05, 4.69) is 4.99 Å². The summed E-state index contributed by atoms with van der Waals surface area (Å²) in [5.41, 5.74) is 1.68. The van der Waals surface area contributed by atoms with Crippen molar-refractivity contribution in [2.45, 2.75) is 27.4 Å².